The van der Waals surface area contributed by atoms with Gasteiger partial charge in [0.05, 0.1) is 15.1 Å². The highest BCUT2D eigenvalue weighted by Gasteiger charge is 2.24. The fraction of sp³-hybridized carbons (Fsp3) is 0.214. The Morgan fingerprint density at radius 1 is 1.38 bits per heavy atom. The van der Waals surface area contributed by atoms with Crippen LogP contribution in [0.2, 0.25) is 5.02 Å². The topological polar surface area (TPSA) is 69.2 Å². The summed E-state index contributed by atoms with van der Waals surface area (Å²) in [5, 5.41) is 3.65. The summed E-state index contributed by atoms with van der Waals surface area (Å²) in [5.74, 6) is -0.246. The molecule has 0 spiro atoms. The highest BCUT2D eigenvalue weighted by Crippen LogP contribution is 2.33. The third kappa shape index (κ3) is 3.03. The molecule has 4 nitrogen and oxygen atoms in total. The Labute approximate surface area is 133 Å². The van der Waals surface area contributed by atoms with Crippen LogP contribution < -0.4 is 5.32 Å². The largest absolute Gasteiger partial charge is 0.768 e. The first-order chi connectivity index (χ1) is 10.0. The summed E-state index contributed by atoms with van der Waals surface area (Å²) in [6.07, 6.45) is 1.70. The molecule has 21 heavy (non-hydrogen) atoms. The standard InChI is InChI=1S/C14H12ClNO3S2/c15-9-2-3-10-8(7-9)1-4-11(10)16-14(17)12-5-6-13(20-12)21(18)19/h2-3,5-7,11H,1,4H2,(H,16,17)(H,18,19)/p-1/t11-/m1/s1. The van der Waals surface area contributed by atoms with Gasteiger partial charge < -0.3 is 9.87 Å². The fourth-order valence-electron chi connectivity index (χ4n) is 2.50. The molecule has 2 atom stereocenters. The van der Waals surface area contributed by atoms with Gasteiger partial charge in [-0.25, -0.2) is 0 Å². The SMILES string of the molecule is O=C(N[C@@H]1CCc2cc(Cl)ccc21)c1ccc(S(=O)[O-])s1. The zero-order valence-corrected chi connectivity index (χ0v) is 13.2. The number of benzene rings is 1. The third-order valence-corrected chi connectivity index (χ3v) is 5.69. The molecule has 2 aromatic rings. The Balaban J connectivity index is 1.76. The monoisotopic (exact) mass is 340 g/mol. The Bertz CT molecular complexity index is 729. The number of hydrogen-bond donors (Lipinski definition) is 1. The van der Waals surface area contributed by atoms with Gasteiger partial charge in [0.25, 0.3) is 5.91 Å². The molecule has 1 aromatic carbocycles. The normalized spacial score (nSPS) is 18.3. The minimum absolute atomic E-state index is 0.0481. The van der Waals surface area contributed by atoms with E-state index in [-0.39, 0.29) is 16.2 Å². The Morgan fingerprint density at radius 2 is 2.19 bits per heavy atom. The van der Waals surface area contributed by atoms with Crippen LogP contribution in [0.15, 0.2) is 34.5 Å². The number of halogens is 1. The molecule has 1 aromatic heterocycles. The van der Waals surface area contributed by atoms with Crippen LogP contribution in [0, 0.1) is 0 Å². The highest BCUT2D eigenvalue weighted by molar-refractivity contribution is 7.81. The molecule has 1 aliphatic carbocycles. The van der Waals surface area contributed by atoms with Crippen LogP contribution in [0.3, 0.4) is 0 Å². The lowest BCUT2D eigenvalue weighted by Gasteiger charge is -2.13. The van der Waals surface area contributed by atoms with Crippen LogP contribution in [0.4, 0.5) is 0 Å². The number of aryl methyl sites for hydroxylation is 1. The molecule has 0 radical (unpaired) electrons. The molecule has 1 N–H and O–H groups in total. The van der Waals surface area contributed by atoms with Crippen molar-refractivity contribution in [3.8, 4) is 0 Å². The van der Waals surface area contributed by atoms with Gasteiger partial charge in [0.1, 0.15) is 0 Å². The summed E-state index contributed by atoms with van der Waals surface area (Å²) in [6, 6.07) is 8.59. The van der Waals surface area contributed by atoms with Crippen LogP contribution in [-0.4, -0.2) is 14.7 Å². The average molecular weight is 341 g/mol. The van der Waals surface area contributed by atoms with Gasteiger partial charge in [0.2, 0.25) is 0 Å². The maximum Gasteiger partial charge on any atom is 0.261 e. The van der Waals surface area contributed by atoms with Crippen molar-refractivity contribution in [3.05, 3.63) is 51.4 Å². The van der Waals surface area contributed by atoms with Gasteiger partial charge in [-0.2, -0.15) is 0 Å². The molecule has 1 unspecified atom stereocenters. The molecule has 0 bridgehead atoms. The van der Waals surface area contributed by atoms with Gasteiger partial charge in [0.15, 0.2) is 0 Å². The van der Waals surface area contributed by atoms with Crippen molar-refractivity contribution in [1.82, 2.24) is 5.32 Å². The van der Waals surface area contributed by atoms with Crippen LogP contribution in [0.5, 0.6) is 0 Å². The van der Waals surface area contributed by atoms with Crippen molar-refractivity contribution in [2.24, 2.45) is 0 Å². The van der Waals surface area contributed by atoms with Gasteiger partial charge >= 0.3 is 0 Å². The maximum absolute atomic E-state index is 12.2. The minimum Gasteiger partial charge on any atom is -0.768 e. The number of hydrogen-bond acceptors (Lipinski definition) is 4. The quantitative estimate of drug-likeness (QED) is 0.873. The van der Waals surface area contributed by atoms with Crippen LogP contribution in [0.1, 0.15) is 33.3 Å². The van der Waals surface area contributed by atoms with Gasteiger partial charge in [-0.15, -0.1) is 11.3 Å². The lowest BCUT2D eigenvalue weighted by molar-refractivity contribution is 0.0941. The molecule has 0 saturated heterocycles. The predicted octanol–water partition coefficient (Wildman–Crippen LogP) is 3.06. The van der Waals surface area contributed by atoms with Crippen molar-refractivity contribution in [2.75, 3.05) is 0 Å². The van der Waals surface area contributed by atoms with E-state index in [1.807, 2.05) is 18.2 Å². The number of amides is 1. The van der Waals surface area contributed by atoms with Crippen LogP contribution >= 0.6 is 22.9 Å². The first-order valence-electron chi connectivity index (χ1n) is 6.33. The Morgan fingerprint density at radius 3 is 2.90 bits per heavy atom. The molecular formula is C14H11ClNO3S2-. The van der Waals surface area contributed by atoms with E-state index < -0.39 is 11.1 Å². The molecule has 0 saturated carbocycles. The Kier molecular flexibility index (Phi) is 4.12. The molecule has 110 valence electrons. The summed E-state index contributed by atoms with van der Waals surface area (Å²) < 4.78 is 21.9. The molecule has 1 heterocycles. The lowest BCUT2D eigenvalue weighted by atomic mass is 10.1. The van der Waals surface area contributed by atoms with Crippen molar-refractivity contribution < 1.29 is 13.6 Å². The first-order valence-corrected chi connectivity index (χ1v) is 8.60. The van der Waals surface area contributed by atoms with Gasteiger partial charge in [-0.05, 0) is 59.3 Å². The second kappa shape index (κ2) is 5.88. The summed E-state index contributed by atoms with van der Waals surface area (Å²) in [6.45, 7) is 0. The summed E-state index contributed by atoms with van der Waals surface area (Å²) in [4.78, 5) is 12.6. The van der Waals surface area contributed by atoms with E-state index in [1.165, 1.54) is 12.1 Å². The molecule has 0 aliphatic heterocycles. The minimum atomic E-state index is -2.29. The summed E-state index contributed by atoms with van der Waals surface area (Å²) in [5.41, 5.74) is 2.23. The van der Waals surface area contributed by atoms with Crippen molar-refractivity contribution >= 4 is 39.9 Å². The molecule has 3 rings (SSSR count). The zero-order chi connectivity index (χ0) is 15.0. The molecule has 7 heteroatoms. The van der Waals surface area contributed by atoms with Crippen molar-refractivity contribution in [1.29, 1.82) is 0 Å². The van der Waals surface area contributed by atoms with Gasteiger partial charge in [-0.1, -0.05) is 17.7 Å². The zero-order valence-electron chi connectivity index (χ0n) is 10.8. The smallest absolute Gasteiger partial charge is 0.261 e. The molecular weight excluding hydrogens is 330 g/mol. The van der Waals surface area contributed by atoms with E-state index in [0.29, 0.717) is 9.90 Å². The van der Waals surface area contributed by atoms with Crippen LogP contribution in [-0.2, 0) is 17.5 Å². The van der Waals surface area contributed by atoms with Crippen LogP contribution in [0.25, 0.3) is 0 Å². The van der Waals surface area contributed by atoms with Crippen molar-refractivity contribution in [2.45, 2.75) is 23.1 Å². The van der Waals surface area contributed by atoms with E-state index in [4.69, 9.17) is 11.6 Å². The van der Waals surface area contributed by atoms with E-state index in [9.17, 15) is 13.6 Å². The number of fused-ring (bicyclic) bond motifs is 1. The fourth-order valence-corrected chi connectivity index (χ4v) is 4.05. The number of nitrogens with one attached hydrogen (secondary N) is 1. The van der Waals surface area contributed by atoms with E-state index in [2.05, 4.69) is 5.32 Å². The predicted molar refractivity (Wildman–Crippen MR) is 81.5 cm³/mol. The molecule has 1 amide bonds. The second-order valence-electron chi connectivity index (χ2n) is 4.76. The summed E-state index contributed by atoms with van der Waals surface area (Å²) >= 11 is 4.64. The number of carbonyl (C=O) groups is 1. The maximum atomic E-state index is 12.2. The lowest BCUT2D eigenvalue weighted by Crippen LogP contribution is -2.26. The van der Waals surface area contributed by atoms with Crippen molar-refractivity contribution in [3.63, 3.8) is 0 Å². The van der Waals surface area contributed by atoms with Gasteiger partial charge in [-0.3, -0.25) is 9.00 Å². The number of carbonyl (C=O) groups excluding carboxylic acids is 1. The first kappa shape index (κ1) is 14.7. The van der Waals surface area contributed by atoms with E-state index in [1.54, 1.807) is 0 Å². The van der Waals surface area contributed by atoms with E-state index >= 15 is 0 Å². The highest BCUT2D eigenvalue weighted by atomic mass is 35.5. The number of thiophene rings is 1. The molecule has 1 aliphatic rings. The summed E-state index contributed by atoms with van der Waals surface area (Å²) in [7, 11) is 0. The van der Waals surface area contributed by atoms with Gasteiger partial charge in [0, 0.05) is 5.02 Å². The molecule has 0 fully saturated rings. The van der Waals surface area contributed by atoms with E-state index in [0.717, 1.165) is 35.3 Å². The average Bonchev–Trinajstić information content (AvgIpc) is 3.06. The number of rotatable bonds is 3. The Hall–Kier alpha value is -1.21. The third-order valence-electron chi connectivity index (χ3n) is 3.46. The second-order valence-corrected chi connectivity index (χ2v) is 7.45.